The van der Waals surface area contributed by atoms with E-state index in [1.165, 1.54) is 16.8 Å². The third-order valence-electron chi connectivity index (χ3n) is 5.34. The smallest absolute Gasteiger partial charge is 0.264 e. The Hall–Kier alpha value is -1.99. The van der Waals surface area contributed by atoms with E-state index in [1.54, 1.807) is 19.2 Å². The summed E-state index contributed by atoms with van der Waals surface area (Å²) in [5.74, 6) is 0. The molecule has 0 radical (unpaired) electrons. The molecule has 1 N–H and O–H groups in total. The van der Waals surface area contributed by atoms with Crippen LogP contribution in [0.5, 0.6) is 0 Å². The molecule has 7 heteroatoms. The Balaban J connectivity index is 2.05. The van der Waals surface area contributed by atoms with Crippen molar-refractivity contribution in [1.82, 2.24) is 14.5 Å². The second kappa shape index (κ2) is 7.32. The molecule has 0 unspecified atom stereocenters. The zero-order valence-electron chi connectivity index (χ0n) is 15.4. The summed E-state index contributed by atoms with van der Waals surface area (Å²) >= 11 is 0. The van der Waals surface area contributed by atoms with Gasteiger partial charge in [-0.25, -0.2) is 13.5 Å². The van der Waals surface area contributed by atoms with Gasteiger partial charge in [0.1, 0.15) is 0 Å². The zero-order chi connectivity index (χ0) is 18.9. The molecular weight excluding hydrogens is 350 g/mol. The normalized spacial score (nSPS) is 16.2. The minimum atomic E-state index is -3.60. The molecule has 1 fully saturated rings. The van der Waals surface area contributed by atoms with Gasteiger partial charge in [0.15, 0.2) is 0 Å². The number of nitrogens with zero attached hydrogens (tertiary/aromatic N) is 2. The van der Waals surface area contributed by atoms with Gasteiger partial charge in [-0.15, -0.1) is 0 Å². The number of hydrogen-bond acceptors (Lipinski definition) is 4. The molecule has 0 amide bonds. The zero-order valence-corrected chi connectivity index (χ0v) is 16.3. The number of benzene rings is 1. The summed E-state index contributed by atoms with van der Waals surface area (Å²) in [6, 6.07) is 6.61. The summed E-state index contributed by atoms with van der Waals surface area (Å²) in [6.45, 7) is 3.73. The highest BCUT2D eigenvalue weighted by atomic mass is 32.2. The maximum absolute atomic E-state index is 13.3. The van der Waals surface area contributed by atoms with Crippen molar-refractivity contribution in [2.75, 3.05) is 7.05 Å². The number of hydrogen-bond donors (Lipinski definition) is 1. The lowest BCUT2D eigenvalue weighted by Gasteiger charge is -2.31. The van der Waals surface area contributed by atoms with E-state index < -0.39 is 10.0 Å². The molecule has 140 valence electrons. The van der Waals surface area contributed by atoms with E-state index in [1.807, 2.05) is 19.9 Å². The molecule has 1 heterocycles. The molecule has 6 nitrogen and oxygen atoms in total. The fourth-order valence-electron chi connectivity index (χ4n) is 3.54. The Bertz CT molecular complexity index is 940. The monoisotopic (exact) mass is 375 g/mol. The third kappa shape index (κ3) is 3.59. The second-order valence-corrected chi connectivity index (χ2v) is 9.00. The lowest BCUT2D eigenvalue weighted by Crippen LogP contribution is -2.38. The van der Waals surface area contributed by atoms with Crippen LogP contribution in [-0.4, -0.2) is 36.0 Å². The first-order chi connectivity index (χ1) is 12.3. The van der Waals surface area contributed by atoms with E-state index in [4.69, 9.17) is 0 Å². The average Bonchev–Trinajstić information content (AvgIpc) is 2.64. The van der Waals surface area contributed by atoms with E-state index in [2.05, 4.69) is 10.2 Å². The van der Waals surface area contributed by atoms with Crippen LogP contribution in [0.4, 0.5) is 0 Å². The SMILES string of the molecule is Cc1cc(-c2ccc(=O)[nH]n2)cc(S(=O)(=O)N(C)C2CCCCC2)c1C. The Morgan fingerprint density at radius 2 is 1.81 bits per heavy atom. The van der Waals surface area contributed by atoms with Crippen molar-refractivity contribution in [3.05, 3.63) is 45.7 Å². The Kier molecular flexibility index (Phi) is 5.29. The van der Waals surface area contributed by atoms with Crippen LogP contribution < -0.4 is 5.56 Å². The number of aromatic nitrogens is 2. The molecule has 1 aliphatic carbocycles. The van der Waals surface area contributed by atoms with Gasteiger partial charge < -0.3 is 0 Å². The predicted octanol–water partition coefficient (Wildman–Crippen LogP) is 3.01. The molecule has 1 aromatic heterocycles. The maximum atomic E-state index is 13.3. The Morgan fingerprint density at radius 3 is 2.42 bits per heavy atom. The molecule has 0 spiro atoms. The van der Waals surface area contributed by atoms with Crippen molar-refractivity contribution in [2.24, 2.45) is 0 Å². The maximum Gasteiger partial charge on any atom is 0.264 e. The topological polar surface area (TPSA) is 83.1 Å². The number of nitrogens with one attached hydrogen (secondary N) is 1. The molecule has 0 bridgehead atoms. The molecule has 26 heavy (non-hydrogen) atoms. The van der Waals surface area contributed by atoms with Crippen LogP contribution in [0.1, 0.15) is 43.2 Å². The van der Waals surface area contributed by atoms with Crippen LogP contribution in [0.3, 0.4) is 0 Å². The number of rotatable bonds is 4. The first kappa shape index (κ1) is 18.8. The average molecular weight is 375 g/mol. The van der Waals surface area contributed by atoms with Crippen molar-refractivity contribution in [1.29, 1.82) is 0 Å². The van der Waals surface area contributed by atoms with Crippen molar-refractivity contribution >= 4 is 10.0 Å². The van der Waals surface area contributed by atoms with Crippen molar-refractivity contribution in [3.8, 4) is 11.3 Å². The minimum absolute atomic E-state index is 0.0586. The van der Waals surface area contributed by atoms with Crippen LogP contribution in [0.15, 0.2) is 34.0 Å². The molecule has 1 aromatic carbocycles. The van der Waals surface area contributed by atoms with Gasteiger partial charge in [-0.05, 0) is 56.0 Å². The largest absolute Gasteiger partial charge is 0.268 e. The predicted molar refractivity (Wildman–Crippen MR) is 102 cm³/mol. The van der Waals surface area contributed by atoms with Gasteiger partial charge >= 0.3 is 0 Å². The van der Waals surface area contributed by atoms with Gasteiger partial charge in [0.25, 0.3) is 5.56 Å². The summed E-state index contributed by atoms with van der Waals surface area (Å²) < 4.78 is 28.1. The Labute approximate surface area is 154 Å². The summed E-state index contributed by atoms with van der Waals surface area (Å²) in [5, 5.41) is 6.43. The van der Waals surface area contributed by atoms with Crippen LogP contribution in [0.2, 0.25) is 0 Å². The number of sulfonamides is 1. The lowest BCUT2D eigenvalue weighted by molar-refractivity contribution is 0.285. The Morgan fingerprint density at radius 1 is 1.12 bits per heavy atom. The summed E-state index contributed by atoms with van der Waals surface area (Å²) in [5.41, 5.74) is 2.57. The van der Waals surface area contributed by atoms with E-state index in [-0.39, 0.29) is 11.6 Å². The number of H-pyrrole nitrogens is 1. The highest BCUT2D eigenvalue weighted by Gasteiger charge is 2.30. The molecule has 0 saturated heterocycles. The highest BCUT2D eigenvalue weighted by Crippen LogP contribution is 2.31. The molecule has 0 aliphatic heterocycles. The molecule has 0 atom stereocenters. The van der Waals surface area contributed by atoms with Gasteiger partial charge in [0.2, 0.25) is 10.0 Å². The van der Waals surface area contributed by atoms with Gasteiger partial charge in [-0.3, -0.25) is 4.79 Å². The fourth-order valence-corrected chi connectivity index (χ4v) is 5.28. The van der Waals surface area contributed by atoms with Gasteiger partial charge in [0, 0.05) is 24.7 Å². The second-order valence-electron chi connectivity index (χ2n) is 7.04. The minimum Gasteiger partial charge on any atom is -0.268 e. The molecule has 1 saturated carbocycles. The van der Waals surface area contributed by atoms with Crippen molar-refractivity contribution in [3.63, 3.8) is 0 Å². The first-order valence-electron chi connectivity index (χ1n) is 8.96. The van der Waals surface area contributed by atoms with Crippen molar-refractivity contribution in [2.45, 2.75) is 56.9 Å². The quantitative estimate of drug-likeness (QED) is 0.890. The van der Waals surface area contributed by atoms with Crippen LogP contribution in [0.25, 0.3) is 11.3 Å². The van der Waals surface area contributed by atoms with Crippen LogP contribution in [0, 0.1) is 13.8 Å². The summed E-state index contributed by atoms with van der Waals surface area (Å²) in [6.07, 6.45) is 5.15. The number of aromatic amines is 1. The third-order valence-corrected chi connectivity index (χ3v) is 7.38. The molecular formula is C19H25N3O3S. The lowest BCUT2D eigenvalue weighted by atomic mass is 9.96. The van der Waals surface area contributed by atoms with Crippen molar-refractivity contribution < 1.29 is 8.42 Å². The van der Waals surface area contributed by atoms with Gasteiger partial charge in [-0.1, -0.05) is 19.3 Å². The van der Waals surface area contributed by atoms with E-state index in [0.717, 1.165) is 36.8 Å². The molecule has 1 aliphatic rings. The van der Waals surface area contributed by atoms with E-state index in [0.29, 0.717) is 16.2 Å². The van der Waals surface area contributed by atoms with Gasteiger partial charge in [0.05, 0.1) is 10.6 Å². The highest BCUT2D eigenvalue weighted by molar-refractivity contribution is 7.89. The van der Waals surface area contributed by atoms with Gasteiger partial charge in [-0.2, -0.15) is 9.40 Å². The first-order valence-corrected chi connectivity index (χ1v) is 10.4. The summed E-state index contributed by atoms with van der Waals surface area (Å²) in [7, 11) is -1.91. The fraction of sp³-hybridized carbons (Fsp3) is 0.474. The number of aryl methyl sites for hydroxylation is 1. The van der Waals surface area contributed by atoms with E-state index >= 15 is 0 Å². The summed E-state index contributed by atoms with van der Waals surface area (Å²) in [4.78, 5) is 11.6. The molecule has 2 aromatic rings. The molecule has 3 rings (SSSR count). The standard InChI is InChI=1S/C19H25N3O3S/c1-13-11-15(17-9-10-19(23)21-20-17)12-18(14(13)2)26(24,25)22(3)16-7-5-4-6-8-16/h9-12,16H,4-8H2,1-3H3,(H,21,23). The van der Waals surface area contributed by atoms with Crippen LogP contribution in [-0.2, 0) is 10.0 Å². The van der Waals surface area contributed by atoms with E-state index in [9.17, 15) is 13.2 Å². The van der Waals surface area contributed by atoms with Crippen LogP contribution >= 0.6 is 0 Å².